The highest BCUT2D eigenvalue weighted by atomic mass is 19.4. The van der Waals surface area contributed by atoms with E-state index in [-0.39, 0.29) is 30.2 Å². The molecular formula is C27H30F3N3O6. The average Bonchev–Trinajstić information content (AvgIpc) is 2.88. The van der Waals surface area contributed by atoms with Crippen LogP contribution in [0.5, 0.6) is 5.75 Å². The molecule has 3 heterocycles. The quantitative estimate of drug-likeness (QED) is 0.396. The van der Waals surface area contributed by atoms with Crippen molar-refractivity contribution in [3.63, 3.8) is 0 Å². The summed E-state index contributed by atoms with van der Waals surface area (Å²) in [6, 6.07) is 8.26. The number of amides is 1. The molecule has 12 heteroatoms. The second-order valence-corrected chi connectivity index (χ2v) is 10.4. The smallest absolute Gasteiger partial charge is 0.444 e. The lowest BCUT2D eigenvalue weighted by Crippen LogP contribution is -2.45. The Balaban J connectivity index is 1.50. The van der Waals surface area contributed by atoms with Gasteiger partial charge in [-0.15, -0.1) is 0 Å². The lowest BCUT2D eigenvalue weighted by molar-refractivity contribution is -0.213. The summed E-state index contributed by atoms with van der Waals surface area (Å²) in [5.74, 6) is -3.20. The molecule has 39 heavy (non-hydrogen) atoms. The molecule has 1 aromatic carbocycles. The first-order valence-corrected chi connectivity index (χ1v) is 12.6. The molecule has 0 N–H and O–H groups in total. The minimum absolute atomic E-state index is 0.0348. The number of fused-ring (bicyclic) bond motifs is 1. The Morgan fingerprint density at radius 3 is 2.26 bits per heavy atom. The number of pyridine rings is 1. The summed E-state index contributed by atoms with van der Waals surface area (Å²) in [6.07, 6.45) is -3.11. The maximum Gasteiger partial charge on any atom is 0.491 e. The highest BCUT2D eigenvalue weighted by molar-refractivity contribution is 5.77. The zero-order valence-corrected chi connectivity index (χ0v) is 21.9. The van der Waals surface area contributed by atoms with E-state index in [1.165, 1.54) is 12.1 Å². The molecule has 1 saturated heterocycles. The normalized spacial score (nSPS) is 18.3. The van der Waals surface area contributed by atoms with Crippen molar-refractivity contribution in [2.45, 2.75) is 58.0 Å². The van der Waals surface area contributed by atoms with E-state index in [1.54, 1.807) is 39.2 Å². The van der Waals surface area contributed by atoms with Gasteiger partial charge in [-0.05, 0) is 69.9 Å². The summed E-state index contributed by atoms with van der Waals surface area (Å²) in [5.41, 5.74) is 0.753. The van der Waals surface area contributed by atoms with E-state index in [1.807, 2.05) is 12.1 Å². The van der Waals surface area contributed by atoms with Crippen molar-refractivity contribution in [3.05, 3.63) is 53.9 Å². The summed E-state index contributed by atoms with van der Waals surface area (Å²) in [5, 5.41) is 0. The Hall–Kier alpha value is -3.83. The molecule has 1 amide bonds. The van der Waals surface area contributed by atoms with Gasteiger partial charge in [-0.2, -0.15) is 13.2 Å². The van der Waals surface area contributed by atoms with E-state index in [2.05, 4.69) is 9.88 Å². The molecule has 9 nitrogen and oxygen atoms in total. The fraction of sp³-hybridized carbons (Fsp3) is 0.481. The second-order valence-electron chi connectivity index (χ2n) is 10.4. The van der Waals surface area contributed by atoms with E-state index in [9.17, 15) is 27.6 Å². The predicted molar refractivity (Wildman–Crippen MR) is 133 cm³/mol. The lowest BCUT2D eigenvalue weighted by atomic mass is 9.96. The SMILES string of the molecule is CC(C)(C)OC(=O)N1CCc2ccc(OC(=O)C3CCN(c4ccncc4)CC3)cc2C1OC(=O)C(F)(F)F. The van der Waals surface area contributed by atoms with Crippen LogP contribution < -0.4 is 9.64 Å². The standard InChI is InChI=1S/C27H30F3N3O6/c1-26(2,3)39-25(36)33-15-10-17-4-5-20(16-21(17)22(33)38-24(35)27(28,29)30)37-23(34)18-8-13-32(14-9-18)19-6-11-31-12-7-19/h4-7,11-12,16,18,22H,8-10,13-15H2,1-3H3. The van der Waals surface area contributed by atoms with Gasteiger partial charge in [-0.1, -0.05) is 6.07 Å². The largest absolute Gasteiger partial charge is 0.491 e. The van der Waals surface area contributed by atoms with Crippen molar-refractivity contribution in [3.8, 4) is 5.75 Å². The maximum absolute atomic E-state index is 13.1. The molecule has 2 aromatic rings. The molecule has 0 bridgehead atoms. The minimum Gasteiger partial charge on any atom is -0.444 e. The van der Waals surface area contributed by atoms with Gasteiger partial charge in [0.05, 0.1) is 5.92 Å². The number of halogens is 3. The molecule has 210 valence electrons. The van der Waals surface area contributed by atoms with E-state index in [0.29, 0.717) is 31.5 Å². The molecule has 0 aliphatic carbocycles. The highest BCUT2D eigenvalue weighted by Crippen LogP contribution is 2.36. The van der Waals surface area contributed by atoms with Gasteiger partial charge in [0.2, 0.25) is 6.23 Å². The molecule has 1 atom stereocenters. The van der Waals surface area contributed by atoms with Crippen LogP contribution in [-0.2, 0) is 25.5 Å². The van der Waals surface area contributed by atoms with Crippen LogP contribution in [0.2, 0.25) is 0 Å². The maximum atomic E-state index is 13.1. The van der Waals surface area contributed by atoms with Gasteiger partial charge < -0.3 is 19.1 Å². The first kappa shape index (κ1) is 28.2. The number of hydrogen-bond donors (Lipinski definition) is 0. The lowest BCUT2D eigenvalue weighted by Gasteiger charge is -2.37. The number of nitrogens with zero attached hydrogens (tertiary/aromatic N) is 3. The zero-order chi connectivity index (χ0) is 28.4. The van der Waals surface area contributed by atoms with Crippen LogP contribution in [0.4, 0.5) is 23.7 Å². The highest BCUT2D eigenvalue weighted by Gasteiger charge is 2.46. The molecule has 0 radical (unpaired) electrons. The fourth-order valence-corrected chi connectivity index (χ4v) is 4.55. The molecule has 1 unspecified atom stereocenters. The number of carbonyl (C=O) groups is 3. The Bertz CT molecular complexity index is 1210. The molecule has 4 rings (SSSR count). The summed E-state index contributed by atoms with van der Waals surface area (Å²) in [7, 11) is 0. The van der Waals surface area contributed by atoms with Crippen LogP contribution in [0.1, 0.15) is 51.0 Å². The molecular weight excluding hydrogens is 519 g/mol. The minimum atomic E-state index is -5.27. The van der Waals surface area contributed by atoms with Crippen molar-refractivity contribution in [1.82, 2.24) is 9.88 Å². The topological polar surface area (TPSA) is 98.3 Å². The van der Waals surface area contributed by atoms with Crippen LogP contribution in [-0.4, -0.2) is 59.3 Å². The Morgan fingerprint density at radius 1 is 0.974 bits per heavy atom. The zero-order valence-electron chi connectivity index (χ0n) is 21.9. The van der Waals surface area contributed by atoms with E-state index in [0.717, 1.165) is 10.6 Å². The number of carbonyl (C=O) groups excluding carboxylic acids is 3. The van der Waals surface area contributed by atoms with Gasteiger partial charge in [-0.3, -0.25) is 14.7 Å². The molecule has 2 aliphatic heterocycles. The van der Waals surface area contributed by atoms with Crippen LogP contribution in [0.15, 0.2) is 42.7 Å². The van der Waals surface area contributed by atoms with Crippen molar-refractivity contribution in [2.24, 2.45) is 5.92 Å². The number of esters is 2. The van der Waals surface area contributed by atoms with Gasteiger partial charge in [0.25, 0.3) is 0 Å². The number of benzene rings is 1. The number of piperidine rings is 1. The van der Waals surface area contributed by atoms with Crippen LogP contribution in [0, 0.1) is 5.92 Å². The number of anilines is 1. The monoisotopic (exact) mass is 549 g/mol. The van der Waals surface area contributed by atoms with Crippen LogP contribution in [0.3, 0.4) is 0 Å². The Kier molecular flexibility index (Phi) is 8.03. The summed E-state index contributed by atoms with van der Waals surface area (Å²) >= 11 is 0. The van der Waals surface area contributed by atoms with Crippen molar-refractivity contribution < 1.29 is 41.8 Å². The average molecular weight is 550 g/mol. The van der Waals surface area contributed by atoms with E-state index >= 15 is 0 Å². The van der Waals surface area contributed by atoms with Gasteiger partial charge in [0.1, 0.15) is 11.4 Å². The predicted octanol–water partition coefficient (Wildman–Crippen LogP) is 4.80. The van der Waals surface area contributed by atoms with Crippen molar-refractivity contribution in [1.29, 1.82) is 0 Å². The summed E-state index contributed by atoms with van der Waals surface area (Å²) in [4.78, 5) is 44.6. The summed E-state index contributed by atoms with van der Waals surface area (Å²) in [6.45, 7) is 6.09. The van der Waals surface area contributed by atoms with Gasteiger partial charge in [-0.25, -0.2) is 9.59 Å². The Morgan fingerprint density at radius 2 is 1.64 bits per heavy atom. The number of aromatic nitrogens is 1. The number of ether oxygens (including phenoxy) is 3. The molecule has 1 aromatic heterocycles. The van der Waals surface area contributed by atoms with Gasteiger partial charge in [0.15, 0.2) is 0 Å². The first-order chi connectivity index (χ1) is 18.3. The summed E-state index contributed by atoms with van der Waals surface area (Å²) < 4.78 is 55.0. The van der Waals surface area contributed by atoms with Crippen LogP contribution in [0.25, 0.3) is 0 Å². The molecule has 0 spiro atoms. The van der Waals surface area contributed by atoms with Crippen molar-refractivity contribution in [2.75, 3.05) is 24.5 Å². The third-order valence-electron chi connectivity index (χ3n) is 6.44. The molecule has 2 aliphatic rings. The molecule has 0 saturated carbocycles. The second kappa shape index (κ2) is 11.1. The van der Waals surface area contributed by atoms with Gasteiger partial charge in [0, 0.05) is 43.3 Å². The third kappa shape index (κ3) is 6.98. The number of rotatable bonds is 4. The van der Waals surface area contributed by atoms with E-state index in [4.69, 9.17) is 14.2 Å². The Labute approximate surface area is 223 Å². The molecule has 1 fully saturated rings. The first-order valence-electron chi connectivity index (χ1n) is 12.6. The van der Waals surface area contributed by atoms with E-state index < -0.39 is 36.0 Å². The van der Waals surface area contributed by atoms with Crippen molar-refractivity contribution >= 4 is 23.7 Å². The number of alkyl halides is 3. The number of hydrogen-bond acceptors (Lipinski definition) is 8. The fourth-order valence-electron chi connectivity index (χ4n) is 4.55. The van der Waals surface area contributed by atoms with Crippen LogP contribution >= 0.6 is 0 Å². The third-order valence-corrected chi connectivity index (χ3v) is 6.44. The van der Waals surface area contributed by atoms with Gasteiger partial charge >= 0.3 is 24.2 Å².